The summed E-state index contributed by atoms with van der Waals surface area (Å²) in [6, 6.07) is 44.8. The topological polar surface area (TPSA) is 13.1 Å². The third-order valence-electron chi connectivity index (χ3n) is 7.57. The molecule has 0 saturated carbocycles. The molecule has 7 aromatic carbocycles. The molecule has 172 valence electrons. The molecule has 1 nitrogen and oxygen atoms in total. The standard InChI is InChI=1S/C36H22O/c1-2-12-24(13-3-1)33-26-15-6-8-17-28(26)34(29-18-9-7-16-27(29)33)30-19-10-20-32-35(30)31-22-21-23-11-4-5-14-25(23)36(31)37-32/h1-22H/i12D. The van der Waals surface area contributed by atoms with Crippen molar-refractivity contribution >= 4 is 54.3 Å². The molecule has 0 aliphatic rings. The molecule has 0 aliphatic carbocycles. The Kier molecular flexibility index (Phi) is 4.08. The van der Waals surface area contributed by atoms with E-state index in [0.29, 0.717) is 6.04 Å². The number of hydrogen-bond donors (Lipinski definition) is 0. The van der Waals surface area contributed by atoms with Gasteiger partial charge in [-0.1, -0.05) is 121 Å². The van der Waals surface area contributed by atoms with Gasteiger partial charge in [-0.3, -0.25) is 0 Å². The predicted molar refractivity (Wildman–Crippen MR) is 157 cm³/mol. The van der Waals surface area contributed by atoms with E-state index in [2.05, 4.69) is 109 Å². The van der Waals surface area contributed by atoms with Gasteiger partial charge < -0.3 is 4.42 Å². The van der Waals surface area contributed by atoms with Crippen LogP contribution in [0.15, 0.2) is 138 Å². The summed E-state index contributed by atoms with van der Waals surface area (Å²) in [7, 11) is 0. The van der Waals surface area contributed by atoms with Crippen molar-refractivity contribution in [1.82, 2.24) is 0 Å². The zero-order valence-electron chi connectivity index (χ0n) is 21.0. The first-order valence-electron chi connectivity index (χ1n) is 13.1. The second kappa shape index (κ2) is 7.81. The lowest BCUT2D eigenvalue weighted by molar-refractivity contribution is 0.673. The fourth-order valence-corrected chi connectivity index (χ4v) is 6.02. The molecule has 0 radical (unpaired) electrons. The summed E-state index contributed by atoms with van der Waals surface area (Å²) in [4.78, 5) is 0. The van der Waals surface area contributed by atoms with E-state index < -0.39 is 0 Å². The number of hydrogen-bond acceptors (Lipinski definition) is 1. The SMILES string of the molecule is [2H]c1ccccc1-c1c2ccccc2c(-c2cccc3oc4c5ccccc5ccc4c23)c2ccccc12. The second-order valence-electron chi connectivity index (χ2n) is 9.56. The van der Waals surface area contributed by atoms with Gasteiger partial charge in [-0.05, 0) is 61.3 Å². The fraction of sp³-hybridized carbons (Fsp3) is 0. The Hall–Kier alpha value is -4.88. The van der Waals surface area contributed by atoms with E-state index in [1.807, 2.05) is 18.2 Å². The van der Waals surface area contributed by atoms with Crippen LogP contribution >= 0.6 is 0 Å². The lowest BCUT2D eigenvalue weighted by Crippen LogP contribution is -1.91. The van der Waals surface area contributed by atoms with Crippen molar-refractivity contribution in [3.8, 4) is 22.3 Å². The largest absolute Gasteiger partial charge is 0.455 e. The molecule has 0 N–H and O–H groups in total. The van der Waals surface area contributed by atoms with Crippen molar-refractivity contribution in [3.05, 3.63) is 133 Å². The molecule has 1 heterocycles. The minimum Gasteiger partial charge on any atom is -0.455 e. The Labute approximate surface area is 215 Å². The molecular formula is C36H22O. The first-order chi connectivity index (χ1) is 18.8. The van der Waals surface area contributed by atoms with Crippen LogP contribution < -0.4 is 0 Å². The zero-order chi connectivity index (χ0) is 25.2. The third kappa shape index (κ3) is 2.92. The van der Waals surface area contributed by atoms with Crippen molar-refractivity contribution in [2.24, 2.45) is 0 Å². The van der Waals surface area contributed by atoms with E-state index in [1.165, 1.54) is 21.7 Å². The summed E-state index contributed by atoms with van der Waals surface area (Å²) in [5.74, 6) is 0. The van der Waals surface area contributed by atoms with Gasteiger partial charge in [0.1, 0.15) is 11.2 Å². The van der Waals surface area contributed by atoms with Crippen LogP contribution in [-0.4, -0.2) is 0 Å². The van der Waals surface area contributed by atoms with Gasteiger partial charge in [0.05, 0.1) is 1.37 Å². The smallest absolute Gasteiger partial charge is 0.143 e. The first-order valence-corrected chi connectivity index (χ1v) is 12.6. The van der Waals surface area contributed by atoms with E-state index in [4.69, 9.17) is 5.79 Å². The highest BCUT2D eigenvalue weighted by Crippen LogP contribution is 2.47. The highest BCUT2D eigenvalue weighted by molar-refractivity contribution is 6.26. The first kappa shape index (κ1) is 19.3. The lowest BCUT2D eigenvalue weighted by Gasteiger charge is -2.18. The van der Waals surface area contributed by atoms with Gasteiger partial charge >= 0.3 is 0 Å². The Morgan fingerprint density at radius 1 is 0.459 bits per heavy atom. The van der Waals surface area contributed by atoms with Gasteiger partial charge in [0.15, 0.2) is 0 Å². The molecule has 8 rings (SSSR count). The molecule has 0 aliphatic heterocycles. The second-order valence-corrected chi connectivity index (χ2v) is 9.56. The maximum Gasteiger partial charge on any atom is 0.143 e. The zero-order valence-corrected chi connectivity index (χ0v) is 20.0. The third-order valence-corrected chi connectivity index (χ3v) is 7.57. The van der Waals surface area contributed by atoms with Crippen LogP contribution in [0.1, 0.15) is 1.37 Å². The Bertz CT molecular complexity index is 2150. The van der Waals surface area contributed by atoms with Crippen molar-refractivity contribution < 1.29 is 5.79 Å². The van der Waals surface area contributed by atoms with Gasteiger partial charge in [-0.2, -0.15) is 0 Å². The maximum absolute atomic E-state index is 8.71. The van der Waals surface area contributed by atoms with Crippen LogP contribution in [0, 0.1) is 0 Å². The van der Waals surface area contributed by atoms with E-state index >= 15 is 0 Å². The average Bonchev–Trinajstić information content (AvgIpc) is 3.36. The Morgan fingerprint density at radius 2 is 1.11 bits per heavy atom. The van der Waals surface area contributed by atoms with Crippen LogP contribution in [0.3, 0.4) is 0 Å². The van der Waals surface area contributed by atoms with Crippen molar-refractivity contribution in [3.63, 3.8) is 0 Å². The van der Waals surface area contributed by atoms with Gasteiger partial charge in [0, 0.05) is 16.2 Å². The van der Waals surface area contributed by atoms with Gasteiger partial charge in [-0.15, -0.1) is 0 Å². The summed E-state index contributed by atoms with van der Waals surface area (Å²) in [6.45, 7) is 0. The lowest BCUT2D eigenvalue weighted by atomic mass is 9.85. The Morgan fingerprint density at radius 3 is 1.84 bits per heavy atom. The molecule has 0 unspecified atom stereocenters. The number of benzene rings is 7. The summed E-state index contributed by atoms with van der Waals surface area (Å²) < 4.78 is 15.2. The van der Waals surface area contributed by atoms with Crippen LogP contribution in [0.2, 0.25) is 0 Å². The molecule has 0 atom stereocenters. The molecule has 0 spiro atoms. The van der Waals surface area contributed by atoms with Crippen LogP contribution in [0.4, 0.5) is 0 Å². The van der Waals surface area contributed by atoms with Crippen molar-refractivity contribution in [2.45, 2.75) is 0 Å². The van der Waals surface area contributed by atoms with Crippen LogP contribution in [-0.2, 0) is 0 Å². The van der Waals surface area contributed by atoms with Crippen molar-refractivity contribution in [1.29, 1.82) is 0 Å². The molecule has 0 amide bonds. The van der Waals surface area contributed by atoms with E-state index in [1.54, 1.807) is 0 Å². The Balaban J connectivity index is 1.57. The van der Waals surface area contributed by atoms with E-state index in [9.17, 15) is 0 Å². The van der Waals surface area contributed by atoms with Crippen molar-refractivity contribution in [2.75, 3.05) is 0 Å². The molecule has 0 fully saturated rings. The summed E-state index contributed by atoms with van der Waals surface area (Å²) in [6.07, 6.45) is 0. The van der Waals surface area contributed by atoms with Gasteiger partial charge in [-0.25, -0.2) is 0 Å². The highest BCUT2D eigenvalue weighted by Gasteiger charge is 2.20. The number of furan rings is 1. The molecular weight excluding hydrogens is 448 g/mol. The van der Waals surface area contributed by atoms with Crippen LogP contribution in [0.25, 0.3) is 76.5 Å². The number of rotatable bonds is 2. The monoisotopic (exact) mass is 471 g/mol. The summed E-state index contributed by atoms with van der Waals surface area (Å²) in [5.41, 5.74) is 6.24. The van der Waals surface area contributed by atoms with Crippen LogP contribution in [0.5, 0.6) is 0 Å². The quantitative estimate of drug-likeness (QED) is 0.229. The highest BCUT2D eigenvalue weighted by atomic mass is 16.3. The fourth-order valence-electron chi connectivity index (χ4n) is 6.02. The molecule has 1 heteroatoms. The van der Waals surface area contributed by atoms with E-state index in [0.717, 1.165) is 54.8 Å². The minimum atomic E-state index is 0.533. The normalized spacial score (nSPS) is 12.2. The van der Waals surface area contributed by atoms with Gasteiger partial charge in [0.25, 0.3) is 0 Å². The molecule has 0 saturated heterocycles. The predicted octanol–water partition coefficient (Wildman–Crippen LogP) is 10.4. The minimum absolute atomic E-state index is 0.533. The molecule has 37 heavy (non-hydrogen) atoms. The summed E-state index contributed by atoms with van der Waals surface area (Å²) in [5, 5.41) is 9.21. The summed E-state index contributed by atoms with van der Waals surface area (Å²) >= 11 is 0. The molecule has 8 aromatic rings. The van der Waals surface area contributed by atoms with Gasteiger partial charge in [0.2, 0.25) is 0 Å². The van der Waals surface area contributed by atoms with E-state index in [-0.39, 0.29) is 0 Å². The maximum atomic E-state index is 8.71. The molecule has 0 bridgehead atoms. The number of fused-ring (bicyclic) bond motifs is 7. The molecule has 1 aromatic heterocycles. The average molecular weight is 472 g/mol.